The molecule has 0 radical (unpaired) electrons. The van der Waals surface area contributed by atoms with E-state index >= 15 is 0 Å². The number of benzene rings is 2. The number of nitrogens with zero attached hydrogens (tertiary/aromatic N) is 2. The Balaban J connectivity index is 2.12. The average Bonchev–Trinajstić information content (AvgIpc) is 2.62. The van der Waals surface area contributed by atoms with E-state index < -0.39 is 20.9 Å². The van der Waals surface area contributed by atoms with Crippen molar-refractivity contribution in [2.24, 2.45) is 0 Å². The summed E-state index contributed by atoms with van der Waals surface area (Å²) in [5.41, 5.74) is 2.06. The number of aryl methyl sites for hydroxylation is 2. The summed E-state index contributed by atoms with van der Waals surface area (Å²) in [4.78, 5) is 22.7. The average molecular weight is 406 g/mol. The summed E-state index contributed by atoms with van der Waals surface area (Å²) in [6, 6.07) is 8.97. The first-order valence-electron chi connectivity index (χ1n) is 8.34. The first-order chi connectivity index (χ1) is 13.0. The van der Waals surface area contributed by atoms with Crippen LogP contribution >= 0.6 is 0 Å². The zero-order valence-electron chi connectivity index (χ0n) is 16.0. The number of amides is 1. The summed E-state index contributed by atoms with van der Waals surface area (Å²) in [6.45, 7) is 3.31. The molecule has 0 saturated carbocycles. The van der Waals surface area contributed by atoms with Gasteiger partial charge in [-0.25, -0.2) is 12.7 Å². The van der Waals surface area contributed by atoms with Crippen LogP contribution in [0.15, 0.2) is 41.3 Å². The fourth-order valence-electron chi connectivity index (χ4n) is 2.45. The van der Waals surface area contributed by atoms with E-state index in [1.165, 1.54) is 32.3 Å². The van der Waals surface area contributed by atoms with E-state index in [1.807, 2.05) is 0 Å². The van der Waals surface area contributed by atoms with E-state index in [4.69, 9.17) is 0 Å². The Labute approximate surface area is 163 Å². The molecule has 0 heterocycles. The van der Waals surface area contributed by atoms with Crippen LogP contribution < -0.4 is 10.6 Å². The van der Waals surface area contributed by atoms with Crippen LogP contribution in [-0.2, 0) is 14.8 Å². The summed E-state index contributed by atoms with van der Waals surface area (Å²) >= 11 is 0. The molecule has 0 unspecified atom stereocenters. The lowest BCUT2D eigenvalue weighted by Gasteiger charge is -2.15. The van der Waals surface area contributed by atoms with E-state index in [0.29, 0.717) is 16.9 Å². The number of nitro benzene ring substituents is 1. The Morgan fingerprint density at radius 2 is 1.75 bits per heavy atom. The Morgan fingerprint density at radius 1 is 1.11 bits per heavy atom. The minimum Gasteiger partial charge on any atom is -0.376 e. The topological polar surface area (TPSA) is 122 Å². The van der Waals surface area contributed by atoms with Crippen LogP contribution in [0.3, 0.4) is 0 Å². The van der Waals surface area contributed by atoms with Crippen LogP contribution in [0.1, 0.15) is 11.1 Å². The van der Waals surface area contributed by atoms with Crippen molar-refractivity contribution in [2.75, 3.05) is 31.3 Å². The number of hydrogen-bond donors (Lipinski definition) is 2. The Kier molecular flexibility index (Phi) is 6.37. The van der Waals surface area contributed by atoms with Gasteiger partial charge in [0.1, 0.15) is 0 Å². The molecule has 2 N–H and O–H groups in total. The molecule has 2 rings (SSSR count). The molecule has 0 fully saturated rings. The van der Waals surface area contributed by atoms with E-state index in [2.05, 4.69) is 10.6 Å². The SMILES string of the molecule is Cc1ccc([N+](=O)[O-])cc1NCC(=O)Nc1ccc(C)c(S(=O)(=O)N(C)C)c1. The lowest BCUT2D eigenvalue weighted by Crippen LogP contribution is -2.24. The highest BCUT2D eigenvalue weighted by atomic mass is 32.2. The molecule has 10 heteroatoms. The largest absolute Gasteiger partial charge is 0.376 e. The zero-order valence-corrected chi connectivity index (χ0v) is 16.8. The number of sulfonamides is 1. The van der Waals surface area contributed by atoms with Crippen LogP contribution in [0, 0.1) is 24.0 Å². The van der Waals surface area contributed by atoms with Crippen molar-refractivity contribution >= 4 is 33.0 Å². The number of hydrogen-bond acceptors (Lipinski definition) is 6. The fraction of sp³-hybridized carbons (Fsp3) is 0.278. The molecule has 0 atom stereocenters. The van der Waals surface area contributed by atoms with Gasteiger partial charge in [-0.3, -0.25) is 14.9 Å². The second-order valence-electron chi connectivity index (χ2n) is 6.43. The van der Waals surface area contributed by atoms with Gasteiger partial charge in [0.25, 0.3) is 5.69 Å². The molecule has 0 bridgehead atoms. The van der Waals surface area contributed by atoms with Crippen molar-refractivity contribution < 1.29 is 18.1 Å². The normalized spacial score (nSPS) is 11.3. The highest BCUT2D eigenvalue weighted by molar-refractivity contribution is 7.89. The van der Waals surface area contributed by atoms with Gasteiger partial charge in [-0.15, -0.1) is 0 Å². The molecule has 2 aromatic rings. The van der Waals surface area contributed by atoms with Gasteiger partial charge in [0, 0.05) is 37.6 Å². The van der Waals surface area contributed by atoms with Crippen LogP contribution in [0.2, 0.25) is 0 Å². The standard InChI is InChI=1S/C18H22N4O5S/c1-12-6-8-15(22(24)25)10-16(12)19-11-18(23)20-14-7-5-13(2)17(9-14)28(26,27)21(3)4/h5-10,19H,11H2,1-4H3,(H,20,23). The minimum atomic E-state index is -3.64. The maximum atomic E-state index is 12.4. The van der Waals surface area contributed by atoms with Gasteiger partial charge in [-0.1, -0.05) is 12.1 Å². The third-order valence-electron chi connectivity index (χ3n) is 4.10. The predicted octanol–water partition coefficient (Wildman–Crippen LogP) is 2.51. The van der Waals surface area contributed by atoms with Crippen LogP contribution in [-0.4, -0.2) is 44.2 Å². The van der Waals surface area contributed by atoms with Crippen LogP contribution in [0.4, 0.5) is 17.1 Å². The Bertz CT molecular complexity index is 1020. The third kappa shape index (κ3) is 4.84. The molecule has 150 valence electrons. The van der Waals surface area contributed by atoms with Gasteiger partial charge in [-0.2, -0.15) is 0 Å². The van der Waals surface area contributed by atoms with Gasteiger partial charge >= 0.3 is 0 Å². The van der Waals surface area contributed by atoms with E-state index in [9.17, 15) is 23.3 Å². The minimum absolute atomic E-state index is 0.0782. The third-order valence-corrected chi connectivity index (χ3v) is 6.06. The molecule has 0 aliphatic heterocycles. The first-order valence-corrected chi connectivity index (χ1v) is 9.78. The first kappa shape index (κ1) is 21.3. The second-order valence-corrected chi connectivity index (χ2v) is 8.55. The summed E-state index contributed by atoms with van der Waals surface area (Å²) in [6.07, 6.45) is 0. The molecular weight excluding hydrogens is 384 g/mol. The Hall–Kier alpha value is -2.98. The Morgan fingerprint density at radius 3 is 2.36 bits per heavy atom. The monoisotopic (exact) mass is 406 g/mol. The number of carbonyl (C=O) groups is 1. The number of nitro groups is 1. The van der Waals surface area contributed by atoms with Crippen molar-refractivity contribution in [3.8, 4) is 0 Å². The zero-order chi connectivity index (χ0) is 21.1. The predicted molar refractivity (Wildman–Crippen MR) is 107 cm³/mol. The highest BCUT2D eigenvalue weighted by Crippen LogP contribution is 2.23. The summed E-state index contributed by atoms with van der Waals surface area (Å²) < 4.78 is 25.8. The highest BCUT2D eigenvalue weighted by Gasteiger charge is 2.20. The van der Waals surface area contributed by atoms with Gasteiger partial charge in [0.2, 0.25) is 15.9 Å². The molecule has 0 aliphatic carbocycles. The van der Waals surface area contributed by atoms with Gasteiger partial charge in [-0.05, 0) is 37.1 Å². The van der Waals surface area contributed by atoms with Crippen molar-refractivity contribution in [3.63, 3.8) is 0 Å². The molecule has 1 amide bonds. The van der Waals surface area contributed by atoms with E-state index in [1.54, 1.807) is 32.0 Å². The van der Waals surface area contributed by atoms with Gasteiger partial charge in [0.15, 0.2) is 0 Å². The smallest absolute Gasteiger partial charge is 0.271 e. The van der Waals surface area contributed by atoms with Crippen molar-refractivity contribution in [3.05, 3.63) is 57.6 Å². The molecule has 9 nitrogen and oxygen atoms in total. The molecule has 0 saturated heterocycles. The molecular formula is C18H22N4O5S. The number of nitrogens with one attached hydrogen (secondary N) is 2. The van der Waals surface area contributed by atoms with E-state index in [-0.39, 0.29) is 17.1 Å². The molecule has 28 heavy (non-hydrogen) atoms. The van der Waals surface area contributed by atoms with Gasteiger partial charge < -0.3 is 10.6 Å². The maximum absolute atomic E-state index is 12.4. The second kappa shape index (κ2) is 8.36. The summed E-state index contributed by atoms with van der Waals surface area (Å²) in [5, 5.41) is 16.4. The van der Waals surface area contributed by atoms with Crippen molar-refractivity contribution in [2.45, 2.75) is 18.7 Å². The van der Waals surface area contributed by atoms with Gasteiger partial charge in [0.05, 0.1) is 16.4 Å². The van der Waals surface area contributed by atoms with Crippen molar-refractivity contribution in [1.29, 1.82) is 0 Å². The molecule has 0 aliphatic rings. The number of carbonyl (C=O) groups excluding carboxylic acids is 1. The van der Waals surface area contributed by atoms with E-state index in [0.717, 1.165) is 9.87 Å². The van der Waals surface area contributed by atoms with Crippen molar-refractivity contribution in [1.82, 2.24) is 4.31 Å². The lowest BCUT2D eigenvalue weighted by molar-refractivity contribution is -0.384. The maximum Gasteiger partial charge on any atom is 0.271 e. The van der Waals surface area contributed by atoms with Crippen LogP contribution in [0.25, 0.3) is 0 Å². The number of anilines is 2. The quantitative estimate of drug-likeness (QED) is 0.538. The number of non-ortho nitro benzene ring substituents is 1. The lowest BCUT2D eigenvalue weighted by atomic mass is 10.2. The summed E-state index contributed by atoms with van der Waals surface area (Å²) in [7, 11) is -0.765. The number of rotatable bonds is 7. The molecule has 2 aromatic carbocycles. The van der Waals surface area contributed by atoms with Crippen LogP contribution in [0.5, 0.6) is 0 Å². The molecule has 0 spiro atoms. The molecule has 0 aromatic heterocycles. The summed E-state index contributed by atoms with van der Waals surface area (Å²) in [5.74, 6) is -0.414. The fourth-order valence-corrected chi connectivity index (χ4v) is 3.59.